The van der Waals surface area contributed by atoms with Crippen LogP contribution >= 0.6 is 0 Å². The van der Waals surface area contributed by atoms with Crippen molar-refractivity contribution in [2.24, 2.45) is 0 Å². The predicted molar refractivity (Wildman–Crippen MR) is 74.0 cm³/mol. The molecule has 0 amide bonds. The van der Waals surface area contributed by atoms with E-state index in [0.29, 0.717) is 0 Å². The highest BCUT2D eigenvalue weighted by molar-refractivity contribution is 5.77. The summed E-state index contributed by atoms with van der Waals surface area (Å²) in [5.41, 5.74) is -0.224. The summed E-state index contributed by atoms with van der Waals surface area (Å²) < 4.78 is 13.8. The van der Waals surface area contributed by atoms with Crippen molar-refractivity contribution in [2.75, 3.05) is 0 Å². The highest BCUT2D eigenvalue weighted by atomic mass is 16.8. The fourth-order valence-electron chi connectivity index (χ4n) is 0.610. The second kappa shape index (κ2) is 7.81. The number of hydrogen-bond donors (Lipinski definition) is 0. The minimum atomic E-state index is -1.06. The van der Waals surface area contributed by atoms with Gasteiger partial charge in [-0.3, -0.25) is 0 Å². The Morgan fingerprint density at radius 3 is 1.16 bits per heavy atom. The van der Waals surface area contributed by atoms with E-state index in [-0.39, 0.29) is 0 Å². The average Bonchev–Trinajstić information content (AvgIpc) is 1.91. The largest absolute Gasteiger partial charge is 0.519 e. The van der Waals surface area contributed by atoms with Crippen molar-refractivity contribution < 1.29 is 23.8 Å². The topological polar surface area (TPSA) is 61.8 Å². The van der Waals surface area contributed by atoms with Crippen LogP contribution in [0.2, 0.25) is 0 Å². The Kier molecular flexibility index (Phi) is 8.15. The van der Waals surface area contributed by atoms with E-state index in [1.54, 1.807) is 41.5 Å². The Balaban J connectivity index is 0. The number of carbonyl (C=O) groups excluding carboxylic acids is 2. The van der Waals surface area contributed by atoms with Gasteiger partial charge in [-0.1, -0.05) is 5.57 Å². The van der Waals surface area contributed by atoms with Gasteiger partial charge in [-0.2, -0.15) is 0 Å². The van der Waals surface area contributed by atoms with Crippen molar-refractivity contribution in [3.63, 3.8) is 0 Å². The molecule has 0 aromatic carbocycles. The molecule has 0 N–H and O–H groups in total. The van der Waals surface area contributed by atoms with Gasteiger partial charge in [0, 0.05) is 0 Å². The van der Waals surface area contributed by atoms with Crippen LogP contribution in [0.1, 0.15) is 55.4 Å². The number of rotatable bonds is 0. The molecule has 0 bridgehead atoms. The smallest absolute Gasteiger partial charge is 0.428 e. The molecule has 0 atom stereocenters. The number of allylic oxidation sites excluding steroid dienone is 1. The molecule has 0 aliphatic carbocycles. The molecule has 0 aliphatic heterocycles. The van der Waals surface area contributed by atoms with Gasteiger partial charge < -0.3 is 14.2 Å². The van der Waals surface area contributed by atoms with Gasteiger partial charge in [-0.05, 0) is 55.4 Å². The molecule has 0 heterocycles. The van der Waals surface area contributed by atoms with E-state index in [2.05, 4.69) is 11.3 Å². The van der Waals surface area contributed by atoms with Crippen LogP contribution in [-0.4, -0.2) is 23.5 Å². The fraction of sp³-hybridized carbons (Fsp3) is 0.714. The van der Waals surface area contributed by atoms with Gasteiger partial charge in [0.1, 0.15) is 11.2 Å². The molecule has 0 rings (SSSR count). The van der Waals surface area contributed by atoms with Crippen LogP contribution in [0.3, 0.4) is 0 Å². The zero-order valence-electron chi connectivity index (χ0n) is 13.2. The zero-order valence-corrected chi connectivity index (χ0v) is 13.2. The molecule has 19 heavy (non-hydrogen) atoms. The lowest BCUT2D eigenvalue weighted by Gasteiger charge is -2.20. The van der Waals surface area contributed by atoms with E-state index < -0.39 is 23.5 Å². The van der Waals surface area contributed by atoms with Crippen molar-refractivity contribution in [3.05, 3.63) is 12.2 Å². The zero-order chi connectivity index (χ0) is 15.9. The molecular weight excluding hydrogens is 248 g/mol. The molecule has 0 aliphatic rings. The Labute approximate surface area is 115 Å². The number of hydrogen-bond acceptors (Lipinski definition) is 5. The average molecular weight is 274 g/mol. The van der Waals surface area contributed by atoms with Crippen molar-refractivity contribution >= 4 is 12.3 Å². The molecule has 0 saturated heterocycles. The maximum Gasteiger partial charge on any atom is 0.519 e. The van der Waals surface area contributed by atoms with Gasteiger partial charge in [-0.25, -0.2) is 9.59 Å². The summed E-state index contributed by atoms with van der Waals surface area (Å²) in [6.07, 6.45) is -2.12. The van der Waals surface area contributed by atoms with E-state index in [0.717, 1.165) is 0 Å². The van der Waals surface area contributed by atoms with Crippen LogP contribution < -0.4 is 0 Å². The number of ether oxygens (including phenoxy) is 3. The molecule has 112 valence electrons. The lowest BCUT2D eigenvalue weighted by atomic mass is 10.2. The molecule has 0 aromatic heterocycles. The predicted octanol–water partition coefficient (Wildman–Crippen LogP) is 4.46. The van der Waals surface area contributed by atoms with Crippen LogP contribution in [-0.2, 0) is 14.2 Å². The molecule has 5 heteroatoms. The summed E-state index contributed by atoms with van der Waals surface area (Å²) in [7, 11) is 0. The first kappa shape index (κ1) is 19.8. The highest BCUT2D eigenvalue weighted by Crippen LogP contribution is 2.11. The first-order valence-corrected chi connectivity index (χ1v) is 5.99. The maximum atomic E-state index is 11.0. The van der Waals surface area contributed by atoms with Crippen LogP contribution in [0.5, 0.6) is 0 Å². The second-order valence-corrected chi connectivity index (χ2v) is 6.24. The van der Waals surface area contributed by atoms with Crippen molar-refractivity contribution in [1.82, 2.24) is 0 Å². The third kappa shape index (κ3) is 22.2. The lowest BCUT2D eigenvalue weighted by Crippen LogP contribution is -2.29. The molecule has 0 saturated carbocycles. The Bertz CT molecular complexity index is 288. The van der Waals surface area contributed by atoms with E-state index in [9.17, 15) is 9.59 Å². The quantitative estimate of drug-likeness (QED) is 0.371. The number of carbonyl (C=O) groups is 2. The van der Waals surface area contributed by atoms with Crippen molar-refractivity contribution in [3.8, 4) is 0 Å². The minimum Gasteiger partial charge on any atom is -0.428 e. The molecule has 0 spiro atoms. The van der Waals surface area contributed by atoms with E-state index >= 15 is 0 Å². The van der Waals surface area contributed by atoms with Gasteiger partial charge >= 0.3 is 12.3 Å². The third-order valence-electron chi connectivity index (χ3n) is 0.946. The Hall–Kier alpha value is -1.52. The normalized spacial score (nSPS) is 10.7. The minimum absolute atomic E-state index is 0.695. The lowest BCUT2D eigenvalue weighted by molar-refractivity contribution is -0.0293. The van der Waals surface area contributed by atoms with Crippen LogP contribution in [0.4, 0.5) is 9.59 Å². The standard InChI is InChI=1S/C10H18O5.C4H8/c1-9(2,3)14-7(11)13-8(12)15-10(4,5)6;1-4(2)3/h1-6H3;1H2,2-3H3. The molecule has 0 aromatic rings. The van der Waals surface area contributed by atoms with Crippen molar-refractivity contribution in [1.29, 1.82) is 0 Å². The molecule has 5 nitrogen and oxygen atoms in total. The van der Waals surface area contributed by atoms with Crippen LogP contribution in [0, 0.1) is 0 Å². The fourth-order valence-corrected chi connectivity index (χ4v) is 0.610. The summed E-state index contributed by atoms with van der Waals surface area (Å²) in [5.74, 6) is 0. The van der Waals surface area contributed by atoms with Gasteiger partial charge in [0.05, 0.1) is 0 Å². The van der Waals surface area contributed by atoms with Gasteiger partial charge in [0.25, 0.3) is 0 Å². The molecular formula is C14H26O5. The second-order valence-electron chi connectivity index (χ2n) is 6.24. The summed E-state index contributed by atoms with van der Waals surface area (Å²) in [5, 5.41) is 0. The van der Waals surface area contributed by atoms with Crippen molar-refractivity contribution in [2.45, 2.75) is 66.6 Å². The molecule has 0 unspecified atom stereocenters. The maximum absolute atomic E-state index is 11.0. The Morgan fingerprint density at radius 2 is 1.00 bits per heavy atom. The molecule has 0 fully saturated rings. The summed E-state index contributed by atoms with van der Waals surface area (Å²) in [6, 6.07) is 0. The monoisotopic (exact) mass is 274 g/mol. The van der Waals surface area contributed by atoms with Gasteiger partial charge in [0.2, 0.25) is 0 Å². The summed E-state index contributed by atoms with van der Waals surface area (Å²) >= 11 is 0. The van der Waals surface area contributed by atoms with E-state index in [1.165, 1.54) is 5.57 Å². The SMILES string of the molecule is C=C(C)C.CC(C)(C)OC(=O)OC(=O)OC(C)(C)C. The Morgan fingerprint density at radius 1 is 0.789 bits per heavy atom. The highest BCUT2D eigenvalue weighted by Gasteiger charge is 2.24. The van der Waals surface area contributed by atoms with Gasteiger partial charge in [-0.15, -0.1) is 6.58 Å². The first-order valence-electron chi connectivity index (χ1n) is 5.99. The van der Waals surface area contributed by atoms with Crippen LogP contribution in [0.15, 0.2) is 12.2 Å². The summed E-state index contributed by atoms with van der Waals surface area (Å²) in [6.45, 7) is 17.5. The molecule has 0 radical (unpaired) electrons. The van der Waals surface area contributed by atoms with E-state index in [4.69, 9.17) is 9.47 Å². The van der Waals surface area contributed by atoms with Gasteiger partial charge in [0.15, 0.2) is 0 Å². The third-order valence-corrected chi connectivity index (χ3v) is 0.946. The summed E-state index contributed by atoms with van der Waals surface area (Å²) in [4.78, 5) is 22.0. The van der Waals surface area contributed by atoms with Crippen LogP contribution in [0.25, 0.3) is 0 Å². The first-order chi connectivity index (χ1) is 8.23. The van der Waals surface area contributed by atoms with E-state index in [1.807, 2.05) is 13.8 Å².